The molecule has 2 aromatic rings. The Morgan fingerprint density at radius 3 is 2.18 bits per heavy atom. The first-order chi connectivity index (χ1) is 13.4. The quantitative estimate of drug-likeness (QED) is 0.294. The first kappa shape index (κ1) is 21.7. The van der Waals surface area contributed by atoms with Crippen molar-refractivity contribution < 1.29 is 22.6 Å². The molecule has 152 valence electrons. The van der Waals surface area contributed by atoms with E-state index >= 15 is 0 Å². The number of hydrogen-bond acceptors (Lipinski definition) is 4. The van der Waals surface area contributed by atoms with Crippen LogP contribution in [0.2, 0.25) is 0 Å². The molecular weight excluding hydrogens is 371 g/mol. The Hall–Kier alpha value is -2.57. The summed E-state index contributed by atoms with van der Waals surface area (Å²) >= 11 is 0. The van der Waals surface area contributed by atoms with Gasteiger partial charge in [-0.3, -0.25) is 0 Å². The monoisotopic (exact) mass is 395 g/mol. The molecule has 0 N–H and O–H groups in total. The normalized spacial score (nSPS) is 11.3. The number of alkyl halides is 3. The Bertz CT molecular complexity index is 746. The van der Waals surface area contributed by atoms with Crippen LogP contribution in [0.5, 0.6) is 11.5 Å². The number of halogens is 3. The summed E-state index contributed by atoms with van der Waals surface area (Å²) in [5.74, 6) is 0.0821. The van der Waals surface area contributed by atoms with Gasteiger partial charge in [-0.1, -0.05) is 57.2 Å². The lowest BCUT2D eigenvalue weighted by molar-refractivity contribution is -0.274. The van der Waals surface area contributed by atoms with Crippen LogP contribution in [0.15, 0.2) is 47.6 Å². The molecule has 0 radical (unpaired) electrons. The number of hydrogen-bond donors (Lipinski definition) is 0. The molecule has 0 atom stereocenters. The van der Waals surface area contributed by atoms with Crippen LogP contribution in [0.25, 0.3) is 11.1 Å². The zero-order chi connectivity index (χ0) is 20.4. The van der Waals surface area contributed by atoms with Crippen molar-refractivity contribution in [3.63, 3.8) is 0 Å². The molecule has 0 fully saturated rings. The highest BCUT2D eigenvalue weighted by atomic mass is 19.4. The molecule has 2 aromatic carbocycles. The van der Waals surface area contributed by atoms with Gasteiger partial charge in [0.05, 0.1) is 6.61 Å². The molecular formula is C21H24F3NO3. The number of nitroso groups, excluding NO2 is 1. The Morgan fingerprint density at radius 1 is 0.893 bits per heavy atom. The smallest absolute Gasteiger partial charge is 0.491 e. The van der Waals surface area contributed by atoms with Crippen LogP contribution in [0.1, 0.15) is 45.4 Å². The summed E-state index contributed by atoms with van der Waals surface area (Å²) in [6.07, 6.45) is 2.01. The van der Waals surface area contributed by atoms with Crippen LogP contribution in [0, 0.1) is 4.91 Å². The Balaban J connectivity index is 2.00. The number of benzene rings is 2. The lowest BCUT2D eigenvalue weighted by Gasteiger charge is -2.11. The summed E-state index contributed by atoms with van der Waals surface area (Å²) in [7, 11) is 0. The van der Waals surface area contributed by atoms with Gasteiger partial charge in [-0.2, -0.15) is 0 Å². The van der Waals surface area contributed by atoms with Crippen molar-refractivity contribution >= 4 is 5.69 Å². The molecule has 4 nitrogen and oxygen atoms in total. The second-order valence-electron chi connectivity index (χ2n) is 6.46. The van der Waals surface area contributed by atoms with E-state index in [-0.39, 0.29) is 11.4 Å². The van der Waals surface area contributed by atoms with Gasteiger partial charge in [-0.25, -0.2) is 0 Å². The molecule has 0 saturated heterocycles. The minimum absolute atomic E-state index is 0.201. The molecule has 0 saturated carbocycles. The number of nitrogens with zero attached hydrogens (tertiary/aromatic N) is 1. The number of unbranched alkanes of at least 4 members (excludes halogenated alkanes) is 5. The Morgan fingerprint density at radius 2 is 1.54 bits per heavy atom. The second kappa shape index (κ2) is 10.7. The van der Waals surface area contributed by atoms with Crippen LogP contribution in [-0.4, -0.2) is 13.0 Å². The fourth-order valence-corrected chi connectivity index (χ4v) is 2.80. The topological polar surface area (TPSA) is 47.9 Å². The molecule has 0 amide bonds. The molecule has 0 unspecified atom stereocenters. The van der Waals surface area contributed by atoms with Gasteiger partial charge in [0.1, 0.15) is 17.2 Å². The van der Waals surface area contributed by atoms with Gasteiger partial charge < -0.3 is 9.47 Å². The third kappa shape index (κ3) is 7.21. The van der Waals surface area contributed by atoms with E-state index in [4.69, 9.17) is 4.74 Å². The SMILES string of the molecule is CCCCCCCCOc1cc(-c2ccc(OC(F)(F)F)cc2)ccc1N=O. The highest BCUT2D eigenvalue weighted by molar-refractivity contribution is 5.70. The third-order valence-corrected chi connectivity index (χ3v) is 4.23. The summed E-state index contributed by atoms with van der Waals surface area (Å²) in [6.45, 7) is 2.65. The van der Waals surface area contributed by atoms with E-state index in [2.05, 4.69) is 16.8 Å². The van der Waals surface area contributed by atoms with Crippen molar-refractivity contribution in [2.75, 3.05) is 6.61 Å². The molecule has 0 aliphatic rings. The zero-order valence-corrected chi connectivity index (χ0v) is 15.8. The third-order valence-electron chi connectivity index (χ3n) is 4.23. The van der Waals surface area contributed by atoms with Crippen molar-refractivity contribution in [1.29, 1.82) is 0 Å². The summed E-state index contributed by atoms with van der Waals surface area (Å²) in [4.78, 5) is 11.0. The van der Waals surface area contributed by atoms with E-state index in [1.165, 1.54) is 43.5 Å². The largest absolute Gasteiger partial charge is 0.573 e. The number of rotatable bonds is 11. The maximum Gasteiger partial charge on any atom is 0.573 e. The molecule has 0 heterocycles. The van der Waals surface area contributed by atoms with Crippen molar-refractivity contribution in [2.24, 2.45) is 5.18 Å². The van der Waals surface area contributed by atoms with Gasteiger partial charge in [-0.15, -0.1) is 18.1 Å². The van der Waals surface area contributed by atoms with Crippen LogP contribution in [0.3, 0.4) is 0 Å². The minimum atomic E-state index is -4.73. The van der Waals surface area contributed by atoms with Crippen molar-refractivity contribution in [3.05, 3.63) is 47.4 Å². The van der Waals surface area contributed by atoms with Gasteiger partial charge >= 0.3 is 6.36 Å². The second-order valence-corrected chi connectivity index (χ2v) is 6.46. The minimum Gasteiger partial charge on any atom is -0.491 e. The van der Waals surface area contributed by atoms with Crippen LogP contribution >= 0.6 is 0 Å². The zero-order valence-electron chi connectivity index (χ0n) is 15.8. The lowest BCUT2D eigenvalue weighted by Crippen LogP contribution is -2.16. The van der Waals surface area contributed by atoms with E-state index in [0.29, 0.717) is 23.5 Å². The molecule has 0 aliphatic carbocycles. The average Bonchev–Trinajstić information content (AvgIpc) is 2.66. The number of ether oxygens (including phenoxy) is 2. The molecule has 2 rings (SSSR count). The van der Waals surface area contributed by atoms with Gasteiger partial charge in [0.25, 0.3) is 0 Å². The predicted octanol–water partition coefficient (Wildman–Crippen LogP) is 7.39. The van der Waals surface area contributed by atoms with E-state index in [1.54, 1.807) is 18.2 Å². The first-order valence-corrected chi connectivity index (χ1v) is 9.39. The molecule has 28 heavy (non-hydrogen) atoms. The van der Waals surface area contributed by atoms with Gasteiger partial charge in [0, 0.05) is 0 Å². The Labute approximate surface area is 162 Å². The summed E-state index contributed by atoms with van der Waals surface area (Å²) in [5.41, 5.74) is 1.59. The van der Waals surface area contributed by atoms with Crippen LogP contribution in [-0.2, 0) is 0 Å². The van der Waals surface area contributed by atoms with E-state index in [0.717, 1.165) is 19.3 Å². The van der Waals surface area contributed by atoms with Gasteiger partial charge in [-0.05, 0) is 47.0 Å². The fraction of sp³-hybridized carbons (Fsp3) is 0.429. The van der Waals surface area contributed by atoms with Crippen LogP contribution < -0.4 is 9.47 Å². The standard InChI is InChI=1S/C21H24F3NO3/c1-2-3-4-5-6-7-14-27-20-15-17(10-13-19(20)25-26)16-8-11-18(12-9-16)28-21(22,23)24/h8-13,15H,2-7,14H2,1H3. The van der Waals surface area contributed by atoms with Crippen molar-refractivity contribution in [2.45, 2.75) is 51.8 Å². The van der Waals surface area contributed by atoms with E-state index in [9.17, 15) is 18.1 Å². The fourth-order valence-electron chi connectivity index (χ4n) is 2.80. The molecule has 0 bridgehead atoms. The van der Waals surface area contributed by atoms with Crippen molar-refractivity contribution in [3.8, 4) is 22.6 Å². The van der Waals surface area contributed by atoms with E-state index in [1.807, 2.05) is 0 Å². The summed E-state index contributed by atoms with van der Waals surface area (Å²) in [6, 6.07) is 10.4. The highest BCUT2D eigenvalue weighted by Gasteiger charge is 2.30. The van der Waals surface area contributed by atoms with Crippen molar-refractivity contribution in [1.82, 2.24) is 0 Å². The average molecular weight is 395 g/mol. The summed E-state index contributed by atoms with van der Waals surface area (Å²) < 4.78 is 46.4. The maximum atomic E-state index is 12.3. The van der Waals surface area contributed by atoms with Crippen LogP contribution in [0.4, 0.5) is 18.9 Å². The van der Waals surface area contributed by atoms with Gasteiger partial charge in [0.2, 0.25) is 0 Å². The molecule has 0 aromatic heterocycles. The maximum absolute atomic E-state index is 12.3. The molecule has 0 aliphatic heterocycles. The van der Waals surface area contributed by atoms with Gasteiger partial charge in [0.15, 0.2) is 0 Å². The Kier molecular flexibility index (Phi) is 8.29. The summed E-state index contributed by atoms with van der Waals surface area (Å²) in [5, 5.41) is 2.98. The lowest BCUT2D eigenvalue weighted by atomic mass is 10.0. The first-order valence-electron chi connectivity index (χ1n) is 9.39. The molecule has 7 heteroatoms. The molecule has 0 spiro atoms. The predicted molar refractivity (Wildman–Crippen MR) is 103 cm³/mol. The highest BCUT2D eigenvalue weighted by Crippen LogP contribution is 2.34. The van der Waals surface area contributed by atoms with E-state index < -0.39 is 6.36 Å².